The summed E-state index contributed by atoms with van der Waals surface area (Å²) in [6, 6.07) is 11.5. The number of hydrogen-bond donors (Lipinski definition) is 2. The van der Waals surface area contributed by atoms with E-state index in [1.54, 1.807) is 0 Å². The van der Waals surface area contributed by atoms with Crippen molar-refractivity contribution in [1.82, 2.24) is 10.3 Å². The second-order valence-corrected chi connectivity index (χ2v) is 7.06. The van der Waals surface area contributed by atoms with Gasteiger partial charge in [-0.3, -0.25) is 9.59 Å². The summed E-state index contributed by atoms with van der Waals surface area (Å²) in [7, 11) is 0. The van der Waals surface area contributed by atoms with Crippen molar-refractivity contribution in [1.29, 1.82) is 0 Å². The third kappa shape index (κ3) is 3.58. The van der Waals surface area contributed by atoms with Crippen molar-refractivity contribution >= 4 is 16.8 Å². The number of aromatic amines is 1. The first-order chi connectivity index (χ1) is 13.5. The molecule has 0 saturated heterocycles. The van der Waals surface area contributed by atoms with Crippen molar-refractivity contribution in [2.75, 3.05) is 6.79 Å². The Labute approximate surface area is 162 Å². The molecule has 0 unspecified atom stereocenters. The molecule has 0 radical (unpaired) electrons. The lowest BCUT2D eigenvalue weighted by Crippen LogP contribution is -2.24. The Kier molecular flexibility index (Phi) is 4.77. The number of nitrogens with one attached hydrogen (secondary N) is 2. The zero-order chi connectivity index (χ0) is 19.7. The number of benzene rings is 2. The third-order valence-corrected chi connectivity index (χ3v) is 5.18. The van der Waals surface area contributed by atoms with Crippen LogP contribution in [0.4, 0.5) is 0 Å². The van der Waals surface area contributed by atoms with E-state index < -0.39 is 0 Å². The first-order valence-corrected chi connectivity index (χ1v) is 9.28. The second-order valence-electron chi connectivity index (χ2n) is 7.06. The number of carbonyl (C=O) groups is 1. The average Bonchev–Trinajstić information content (AvgIpc) is 3.16. The van der Waals surface area contributed by atoms with Gasteiger partial charge in [0, 0.05) is 18.5 Å². The van der Waals surface area contributed by atoms with Crippen LogP contribution in [0.5, 0.6) is 11.5 Å². The molecule has 2 heterocycles. The molecule has 0 saturated carbocycles. The van der Waals surface area contributed by atoms with Gasteiger partial charge in [0.15, 0.2) is 11.5 Å². The highest BCUT2D eigenvalue weighted by atomic mass is 16.7. The van der Waals surface area contributed by atoms with Gasteiger partial charge in [-0.15, -0.1) is 0 Å². The van der Waals surface area contributed by atoms with Crippen molar-refractivity contribution in [3.8, 4) is 11.5 Å². The van der Waals surface area contributed by atoms with Gasteiger partial charge >= 0.3 is 0 Å². The van der Waals surface area contributed by atoms with Crippen LogP contribution in [0.2, 0.25) is 0 Å². The first kappa shape index (κ1) is 18.1. The lowest BCUT2D eigenvalue weighted by Gasteiger charge is -2.09. The van der Waals surface area contributed by atoms with Crippen molar-refractivity contribution in [2.45, 2.75) is 33.2 Å². The van der Waals surface area contributed by atoms with E-state index in [0.29, 0.717) is 24.3 Å². The summed E-state index contributed by atoms with van der Waals surface area (Å²) in [6.45, 7) is 4.65. The number of aromatic nitrogens is 1. The van der Waals surface area contributed by atoms with Gasteiger partial charge in [-0.25, -0.2) is 0 Å². The summed E-state index contributed by atoms with van der Waals surface area (Å²) in [5, 5.41) is 3.87. The minimum Gasteiger partial charge on any atom is -0.454 e. The number of aryl methyl sites for hydroxylation is 3. The molecule has 28 heavy (non-hydrogen) atoms. The molecular weight excluding hydrogens is 356 g/mol. The summed E-state index contributed by atoms with van der Waals surface area (Å²) < 4.78 is 10.6. The molecule has 6 heteroatoms. The van der Waals surface area contributed by atoms with Crippen molar-refractivity contribution in [2.24, 2.45) is 0 Å². The quantitative estimate of drug-likeness (QED) is 0.715. The average molecular weight is 378 g/mol. The van der Waals surface area contributed by atoms with Gasteiger partial charge in [-0.2, -0.15) is 0 Å². The third-order valence-electron chi connectivity index (χ3n) is 5.18. The van der Waals surface area contributed by atoms with Crippen LogP contribution in [0.3, 0.4) is 0 Å². The molecule has 0 fully saturated rings. The fourth-order valence-corrected chi connectivity index (χ4v) is 3.34. The van der Waals surface area contributed by atoms with Crippen LogP contribution in [0, 0.1) is 13.8 Å². The molecular formula is C22H22N2O4. The number of ether oxygens (including phenoxy) is 2. The summed E-state index contributed by atoms with van der Waals surface area (Å²) in [5.74, 6) is 1.31. The monoisotopic (exact) mass is 378 g/mol. The van der Waals surface area contributed by atoms with Crippen LogP contribution < -0.4 is 20.3 Å². The highest BCUT2D eigenvalue weighted by molar-refractivity contribution is 5.83. The Bertz CT molecular complexity index is 1120. The van der Waals surface area contributed by atoms with Gasteiger partial charge < -0.3 is 19.8 Å². The SMILES string of the molecule is Cc1ccc2cc(CCC(=O)NCc3ccc4c(c3)OCO4)c(=O)[nH]c2c1C. The Morgan fingerprint density at radius 3 is 2.79 bits per heavy atom. The van der Waals surface area contributed by atoms with Gasteiger partial charge in [0.2, 0.25) is 12.7 Å². The molecule has 2 N–H and O–H groups in total. The number of amides is 1. The van der Waals surface area contributed by atoms with E-state index in [1.165, 1.54) is 0 Å². The molecule has 1 amide bonds. The van der Waals surface area contributed by atoms with E-state index in [0.717, 1.165) is 33.3 Å². The van der Waals surface area contributed by atoms with Gasteiger partial charge in [-0.1, -0.05) is 18.2 Å². The molecule has 0 spiro atoms. The lowest BCUT2D eigenvalue weighted by molar-refractivity contribution is -0.121. The van der Waals surface area contributed by atoms with Gasteiger partial charge in [0.05, 0.1) is 5.52 Å². The second kappa shape index (κ2) is 7.38. The highest BCUT2D eigenvalue weighted by Gasteiger charge is 2.14. The van der Waals surface area contributed by atoms with Crippen LogP contribution in [0.25, 0.3) is 10.9 Å². The normalized spacial score (nSPS) is 12.4. The minimum absolute atomic E-state index is 0.0998. The Balaban J connectivity index is 1.39. The van der Waals surface area contributed by atoms with E-state index in [9.17, 15) is 9.59 Å². The predicted octanol–water partition coefficient (Wildman–Crippen LogP) is 3.12. The first-order valence-electron chi connectivity index (χ1n) is 9.28. The number of rotatable bonds is 5. The van der Waals surface area contributed by atoms with E-state index in [1.807, 2.05) is 50.2 Å². The summed E-state index contributed by atoms with van der Waals surface area (Å²) in [6.07, 6.45) is 0.648. The number of pyridine rings is 1. The van der Waals surface area contributed by atoms with Crippen LogP contribution >= 0.6 is 0 Å². The minimum atomic E-state index is -0.134. The van der Waals surface area contributed by atoms with Crippen LogP contribution in [0.1, 0.15) is 28.7 Å². The number of hydrogen-bond acceptors (Lipinski definition) is 4. The maximum absolute atomic E-state index is 12.4. The summed E-state index contributed by atoms with van der Waals surface area (Å²) in [5.41, 5.74) is 4.49. The molecule has 1 aliphatic heterocycles. The van der Waals surface area contributed by atoms with Crippen LogP contribution in [0.15, 0.2) is 41.2 Å². The molecule has 3 aromatic rings. The highest BCUT2D eigenvalue weighted by Crippen LogP contribution is 2.32. The lowest BCUT2D eigenvalue weighted by atomic mass is 10.0. The molecule has 0 atom stereocenters. The zero-order valence-electron chi connectivity index (χ0n) is 15.9. The van der Waals surface area contributed by atoms with E-state index in [2.05, 4.69) is 10.3 Å². The maximum atomic E-state index is 12.4. The van der Waals surface area contributed by atoms with E-state index >= 15 is 0 Å². The summed E-state index contributed by atoms with van der Waals surface area (Å²) >= 11 is 0. The number of H-pyrrole nitrogens is 1. The molecule has 0 aliphatic carbocycles. The smallest absolute Gasteiger partial charge is 0.251 e. The van der Waals surface area contributed by atoms with E-state index in [-0.39, 0.29) is 24.7 Å². The number of fused-ring (bicyclic) bond motifs is 2. The molecule has 4 rings (SSSR count). The van der Waals surface area contributed by atoms with Crippen molar-refractivity contribution in [3.05, 3.63) is 69.0 Å². The standard InChI is InChI=1S/C22H22N2O4/c1-13-3-5-16-10-17(22(26)24-21(16)14(13)2)6-8-20(25)23-11-15-4-7-18-19(9-15)28-12-27-18/h3-5,7,9-10H,6,8,11-12H2,1-2H3,(H,23,25)(H,24,26). The predicted molar refractivity (Wildman–Crippen MR) is 107 cm³/mol. The maximum Gasteiger partial charge on any atom is 0.251 e. The fraction of sp³-hybridized carbons (Fsp3) is 0.273. The largest absolute Gasteiger partial charge is 0.454 e. The van der Waals surface area contributed by atoms with E-state index in [4.69, 9.17) is 9.47 Å². The van der Waals surface area contributed by atoms with Crippen molar-refractivity contribution in [3.63, 3.8) is 0 Å². The Morgan fingerprint density at radius 1 is 1.11 bits per heavy atom. The summed E-state index contributed by atoms with van der Waals surface area (Å²) in [4.78, 5) is 27.6. The molecule has 2 aromatic carbocycles. The van der Waals surface area contributed by atoms with Gasteiger partial charge in [0.1, 0.15) is 0 Å². The molecule has 144 valence electrons. The van der Waals surface area contributed by atoms with Gasteiger partial charge in [0.25, 0.3) is 5.56 Å². The van der Waals surface area contributed by atoms with Gasteiger partial charge in [-0.05, 0) is 60.5 Å². The zero-order valence-corrected chi connectivity index (χ0v) is 15.9. The van der Waals surface area contributed by atoms with Crippen LogP contribution in [-0.2, 0) is 17.8 Å². The number of carbonyl (C=O) groups excluding carboxylic acids is 1. The Morgan fingerprint density at radius 2 is 1.93 bits per heavy atom. The molecule has 0 bridgehead atoms. The molecule has 6 nitrogen and oxygen atoms in total. The topological polar surface area (TPSA) is 80.4 Å². The van der Waals surface area contributed by atoms with Crippen LogP contribution in [-0.4, -0.2) is 17.7 Å². The molecule has 1 aromatic heterocycles. The fourth-order valence-electron chi connectivity index (χ4n) is 3.34. The Hall–Kier alpha value is -3.28. The van der Waals surface area contributed by atoms with Crippen molar-refractivity contribution < 1.29 is 14.3 Å². The molecule has 1 aliphatic rings.